The first-order valence-corrected chi connectivity index (χ1v) is 3.96. The first-order chi connectivity index (χ1) is 5.92. The van der Waals surface area contributed by atoms with E-state index in [0.29, 0.717) is 0 Å². The van der Waals surface area contributed by atoms with Crippen LogP contribution in [0, 0.1) is 0 Å². The van der Waals surface area contributed by atoms with Gasteiger partial charge in [0.05, 0.1) is 0 Å². The fraction of sp³-hybridized carbons (Fsp3) is 0.0909. The molecule has 0 heterocycles. The molecule has 2 rings (SSSR count). The van der Waals surface area contributed by atoms with Gasteiger partial charge in [-0.05, 0) is 10.8 Å². The molecule has 0 radical (unpaired) electrons. The maximum atomic E-state index is 10.7. The molecule has 0 aliphatic carbocycles. The van der Waals surface area contributed by atoms with Crippen molar-refractivity contribution in [1.82, 2.24) is 0 Å². The SMILES string of the molecule is [K+].[O-]Cc1cccc2ccccc12. The summed E-state index contributed by atoms with van der Waals surface area (Å²) in [4.78, 5) is 0. The zero-order chi connectivity index (χ0) is 8.39. The summed E-state index contributed by atoms with van der Waals surface area (Å²) in [6.07, 6.45) is 0. The van der Waals surface area contributed by atoms with E-state index in [1.165, 1.54) is 0 Å². The van der Waals surface area contributed by atoms with Crippen molar-refractivity contribution < 1.29 is 56.5 Å². The third-order valence-electron chi connectivity index (χ3n) is 2.04. The van der Waals surface area contributed by atoms with E-state index in [0.717, 1.165) is 16.3 Å². The summed E-state index contributed by atoms with van der Waals surface area (Å²) in [5.74, 6) is 0. The molecule has 0 aliphatic rings. The smallest absolute Gasteiger partial charge is 0.851 e. The summed E-state index contributed by atoms with van der Waals surface area (Å²) >= 11 is 0. The van der Waals surface area contributed by atoms with Crippen LogP contribution in [-0.4, -0.2) is 0 Å². The van der Waals surface area contributed by atoms with E-state index in [1.807, 2.05) is 42.5 Å². The van der Waals surface area contributed by atoms with Gasteiger partial charge in [-0.15, -0.1) is 6.61 Å². The minimum absolute atomic E-state index is 0. The van der Waals surface area contributed by atoms with Gasteiger partial charge in [-0.1, -0.05) is 48.0 Å². The second-order valence-electron chi connectivity index (χ2n) is 2.78. The second-order valence-corrected chi connectivity index (χ2v) is 2.78. The largest absolute Gasteiger partial charge is 1.00 e. The van der Waals surface area contributed by atoms with Crippen molar-refractivity contribution in [3.63, 3.8) is 0 Å². The molecule has 0 bridgehead atoms. The first kappa shape index (κ1) is 11.4. The first-order valence-electron chi connectivity index (χ1n) is 3.96. The summed E-state index contributed by atoms with van der Waals surface area (Å²) in [5, 5.41) is 13.0. The molecule has 2 aromatic rings. The molecule has 0 N–H and O–H groups in total. The van der Waals surface area contributed by atoms with E-state index in [2.05, 4.69) is 0 Å². The normalized spacial score (nSPS) is 9.62. The van der Waals surface area contributed by atoms with Gasteiger partial charge in [0.2, 0.25) is 0 Å². The van der Waals surface area contributed by atoms with Crippen molar-refractivity contribution in [2.75, 3.05) is 0 Å². The van der Waals surface area contributed by atoms with Crippen LogP contribution in [0.2, 0.25) is 0 Å². The van der Waals surface area contributed by atoms with E-state index >= 15 is 0 Å². The van der Waals surface area contributed by atoms with Gasteiger partial charge in [0.25, 0.3) is 0 Å². The number of fused-ring (bicyclic) bond motifs is 1. The van der Waals surface area contributed by atoms with Gasteiger partial charge >= 0.3 is 51.4 Å². The zero-order valence-electron chi connectivity index (χ0n) is 7.66. The monoisotopic (exact) mass is 196 g/mol. The standard InChI is InChI=1S/C11H9O.K/c12-8-10-6-3-5-9-4-1-2-7-11(9)10;/h1-7H,8H2;/q-1;+1. The summed E-state index contributed by atoms with van der Waals surface area (Å²) in [6.45, 7) is -0.138. The molecule has 0 fully saturated rings. The summed E-state index contributed by atoms with van der Waals surface area (Å²) in [6, 6.07) is 13.8. The molecule has 0 aliphatic heterocycles. The van der Waals surface area contributed by atoms with Crippen LogP contribution in [0.1, 0.15) is 5.56 Å². The van der Waals surface area contributed by atoms with Gasteiger partial charge in [0, 0.05) is 0 Å². The molecule has 13 heavy (non-hydrogen) atoms. The van der Waals surface area contributed by atoms with Crippen LogP contribution in [-0.2, 0) is 6.61 Å². The minimum atomic E-state index is -0.138. The Morgan fingerprint density at radius 1 is 0.923 bits per heavy atom. The molecule has 0 spiro atoms. The molecule has 0 unspecified atom stereocenters. The van der Waals surface area contributed by atoms with E-state index < -0.39 is 0 Å². The van der Waals surface area contributed by atoms with Gasteiger partial charge in [-0.2, -0.15) is 0 Å². The molecular formula is C11H9KO. The predicted octanol–water partition coefficient (Wildman–Crippen LogP) is -1.30. The van der Waals surface area contributed by atoms with Gasteiger partial charge in [0.15, 0.2) is 0 Å². The van der Waals surface area contributed by atoms with Crippen LogP contribution in [0.4, 0.5) is 0 Å². The average molecular weight is 196 g/mol. The molecular weight excluding hydrogens is 187 g/mol. The molecule has 0 saturated carbocycles. The minimum Gasteiger partial charge on any atom is -0.851 e. The molecule has 2 heteroatoms. The third-order valence-corrected chi connectivity index (χ3v) is 2.04. The van der Waals surface area contributed by atoms with E-state index in [9.17, 15) is 5.11 Å². The van der Waals surface area contributed by atoms with Crippen molar-refractivity contribution in [2.45, 2.75) is 6.61 Å². The van der Waals surface area contributed by atoms with Crippen molar-refractivity contribution in [3.8, 4) is 0 Å². The van der Waals surface area contributed by atoms with Gasteiger partial charge in [0.1, 0.15) is 0 Å². The Labute approximate surface area is 120 Å². The van der Waals surface area contributed by atoms with Crippen LogP contribution in [0.25, 0.3) is 10.8 Å². The van der Waals surface area contributed by atoms with E-state index in [1.54, 1.807) is 0 Å². The molecule has 0 aromatic heterocycles. The van der Waals surface area contributed by atoms with Crippen LogP contribution < -0.4 is 56.5 Å². The Kier molecular flexibility index (Phi) is 4.59. The Bertz CT molecular complexity index is 393. The van der Waals surface area contributed by atoms with Crippen LogP contribution in [0.15, 0.2) is 42.5 Å². The molecule has 2 aromatic carbocycles. The molecule has 1 nitrogen and oxygen atoms in total. The van der Waals surface area contributed by atoms with Gasteiger partial charge in [-0.25, -0.2) is 0 Å². The Balaban J connectivity index is 0.000000845. The van der Waals surface area contributed by atoms with Gasteiger partial charge in [-0.3, -0.25) is 0 Å². The molecule has 0 saturated heterocycles. The Morgan fingerprint density at radius 2 is 1.62 bits per heavy atom. The Hall–Kier alpha value is 0.296. The van der Waals surface area contributed by atoms with Gasteiger partial charge < -0.3 is 5.11 Å². The maximum Gasteiger partial charge on any atom is 1.00 e. The third kappa shape index (κ3) is 2.40. The fourth-order valence-electron chi connectivity index (χ4n) is 1.42. The zero-order valence-corrected chi connectivity index (χ0v) is 10.8. The molecule has 0 atom stereocenters. The average Bonchev–Trinajstić information content (AvgIpc) is 2.17. The number of hydrogen-bond donors (Lipinski definition) is 0. The molecule has 0 amide bonds. The van der Waals surface area contributed by atoms with Crippen molar-refractivity contribution in [1.29, 1.82) is 0 Å². The van der Waals surface area contributed by atoms with Crippen molar-refractivity contribution in [2.24, 2.45) is 0 Å². The quantitative estimate of drug-likeness (QED) is 0.520. The van der Waals surface area contributed by atoms with Crippen LogP contribution in [0.5, 0.6) is 0 Å². The predicted molar refractivity (Wildman–Crippen MR) is 47.7 cm³/mol. The fourth-order valence-corrected chi connectivity index (χ4v) is 1.42. The van der Waals surface area contributed by atoms with Crippen molar-refractivity contribution in [3.05, 3.63) is 48.0 Å². The van der Waals surface area contributed by atoms with Crippen LogP contribution >= 0.6 is 0 Å². The van der Waals surface area contributed by atoms with Crippen molar-refractivity contribution >= 4 is 10.8 Å². The van der Waals surface area contributed by atoms with Crippen LogP contribution in [0.3, 0.4) is 0 Å². The number of rotatable bonds is 1. The Morgan fingerprint density at radius 3 is 2.38 bits per heavy atom. The van der Waals surface area contributed by atoms with E-state index in [4.69, 9.17) is 0 Å². The maximum absolute atomic E-state index is 10.7. The number of hydrogen-bond acceptors (Lipinski definition) is 1. The number of benzene rings is 2. The molecule has 60 valence electrons. The summed E-state index contributed by atoms with van der Waals surface area (Å²) < 4.78 is 0. The van der Waals surface area contributed by atoms with E-state index in [-0.39, 0.29) is 58.0 Å². The second kappa shape index (κ2) is 5.24. The topological polar surface area (TPSA) is 23.1 Å². The summed E-state index contributed by atoms with van der Waals surface area (Å²) in [7, 11) is 0. The summed E-state index contributed by atoms with van der Waals surface area (Å²) in [5.41, 5.74) is 0.883.